The van der Waals surface area contributed by atoms with E-state index in [0.717, 1.165) is 10.6 Å². The maximum atomic E-state index is 6.71. The summed E-state index contributed by atoms with van der Waals surface area (Å²) < 4.78 is 0. The van der Waals surface area contributed by atoms with Crippen LogP contribution in [0.25, 0.3) is 0 Å². The highest BCUT2D eigenvalue weighted by Crippen LogP contribution is 2.53. The van der Waals surface area contributed by atoms with Crippen LogP contribution in [0.5, 0.6) is 0 Å². The molecule has 0 aliphatic carbocycles. The van der Waals surface area contributed by atoms with E-state index in [2.05, 4.69) is 93.6 Å². The number of hydrogen-bond donors (Lipinski definition) is 0. The Morgan fingerprint density at radius 1 is 0.583 bits per heavy atom. The molecule has 122 valence electrons. The minimum Gasteiger partial charge on any atom is -0.0840 e. The fourth-order valence-corrected chi connectivity index (χ4v) is 4.17. The lowest BCUT2D eigenvalue weighted by Gasteiger charge is -2.47. The van der Waals surface area contributed by atoms with Gasteiger partial charge in [0.1, 0.15) is 0 Å². The summed E-state index contributed by atoms with van der Waals surface area (Å²) in [4.78, 5) is 0. The SMILES string of the molecule is CC(C)(C)C(c1ccccc1)(c1ccccc1)c1ccccc1Cl. The van der Waals surface area contributed by atoms with Crippen molar-refractivity contribution in [3.63, 3.8) is 0 Å². The third kappa shape index (κ3) is 2.65. The molecule has 0 bridgehead atoms. The van der Waals surface area contributed by atoms with Gasteiger partial charge >= 0.3 is 0 Å². The van der Waals surface area contributed by atoms with Crippen molar-refractivity contribution in [1.82, 2.24) is 0 Å². The van der Waals surface area contributed by atoms with E-state index in [1.165, 1.54) is 11.1 Å². The topological polar surface area (TPSA) is 0 Å². The van der Waals surface area contributed by atoms with Crippen LogP contribution < -0.4 is 0 Å². The highest BCUT2D eigenvalue weighted by atomic mass is 35.5. The van der Waals surface area contributed by atoms with Gasteiger partial charge in [-0.25, -0.2) is 0 Å². The zero-order chi connectivity index (χ0) is 17.2. The first-order valence-corrected chi connectivity index (χ1v) is 8.72. The van der Waals surface area contributed by atoms with E-state index in [9.17, 15) is 0 Å². The summed E-state index contributed by atoms with van der Waals surface area (Å²) in [5, 5.41) is 0.806. The van der Waals surface area contributed by atoms with Gasteiger partial charge in [-0.2, -0.15) is 0 Å². The van der Waals surface area contributed by atoms with Gasteiger partial charge < -0.3 is 0 Å². The molecule has 3 aromatic carbocycles. The van der Waals surface area contributed by atoms with Crippen molar-refractivity contribution in [3.05, 3.63) is 107 Å². The molecule has 0 aliphatic heterocycles. The van der Waals surface area contributed by atoms with E-state index in [1.54, 1.807) is 0 Å². The third-order valence-corrected chi connectivity index (χ3v) is 5.15. The molecule has 0 aliphatic rings. The van der Waals surface area contributed by atoms with Crippen molar-refractivity contribution in [3.8, 4) is 0 Å². The van der Waals surface area contributed by atoms with E-state index in [4.69, 9.17) is 11.6 Å². The number of rotatable bonds is 3. The van der Waals surface area contributed by atoms with Crippen LogP contribution in [0, 0.1) is 5.41 Å². The quantitative estimate of drug-likeness (QED) is 0.466. The Bertz CT molecular complexity index is 759. The molecule has 0 saturated carbocycles. The first kappa shape index (κ1) is 16.8. The lowest BCUT2D eigenvalue weighted by Crippen LogP contribution is -2.42. The number of benzene rings is 3. The summed E-state index contributed by atoms with van der Waals surface area (Å²) in [6.45, 7) is 6.86. The lowest BCUT2D eigenvalue weighted by molar-refractivity contribution is 0.272. The minimum absolute atomic E-state index is 0.0688. The maximum absolute atomic E-state index is 6.71. The largest absolute Gasteiger partial charge is 0.0840 e. The molecular formula is C23H23Cl. The molecule has 0 fully saturated rings. The van der Waals surface area contributed by atoms with Crippen molar-refractivity contribution in [1.29, 1.82) is 0 Å². The van der Waals surface area contributed by atoms with E-state index in [0.29, 0.717) is 0 Å². The van der Waals surface area contributed by atoms with Gasteiger partial charge in [-0.1, -0.05) is 111 Å². The molecule has 3 rings (SSSR count). The average molecular weight is 335 g/mol. The molecule has 0 spiro atoms. The summed E-state index contributed by atoms with van der Waals surface area (Å²) in [6.07, 6.45) is 0. The molecule has 3 aromatic rings. The van der Waals surface area contributed by atoms with Crippen molar-refractivity contribution in [2.75, 3.05) is 0 Å². The lowest BCUT2D eigenvalue weighted by atomic mass is 9.56. The molecular weight excluding hydrogens is 312 g/mol. The van der Waals surface area contributed by atoms with Crippen molar-refractivity contribution >= 4 is 11.6 Å². The Balaban J connectivity index is 2.46. The Labute approximate surface area is 150 Å². The summed E-state index contributed by atoms with van der Waals surface area (Å²) >= 11 is 6.71. The van der Waals surface area contributed by atoms with Gasteiger partial charge in [0.05, 0.1) is 5.41 Å². The van der Waals surface area contributed by atoms with Crippen LogP contribution in [0.2, 0.25) is 5.02 Å². The Kier molecular flexibility index (Phi) is 4.51. The highest BCUT2D eigenvalue weighted by Gasteiger charge is 2.47. The van der Waals surface area contributed by atoms with Crippen LogP contribution in [0.4, 0.5) is 0 Å². The summed E-state index contributed by atoms with van der Waals surface area (Å²) in [7, 11) is 0. The number of halogens is 1. The fraction of sp³-hybridized carbons (Fsp3) is 0.217. The second-order valence-electron chi connectivity index (χ2n) is 7.21. The summed E-state index contributed by atoms with van der Waals surface area (Å²) in [5.41, 5.74) is 3.28. The van der Waals surface area contributed by atoms with Crippen LogP contribution in [0.1, 0.15) is 37.5 Å². The molecule has 0 aromatic heterocycles. The van der Waals surface area contributed by atoms with Gasteiger partial charge in [-0.15, -0.1) is 0 Å². The standard InChI is InChI=1S/C23H23Cl/c1-22(2,3)23(18-12-6-4-7-13-18,19-14-8-5-9-15-19)20-16-10-11-17-21(20)24/h4-17H,1-3H3. The van der Waals surface area contributed by atoms with Crippen LogP contribution in [0.15, 0.2) is 84.9 Å². The third-order valence-electron chi connectivity index (χ3n) is 4.82. The van der Waals surface area contributed by atoms with E-state index >= 15 is 0 Å². The summed E-state index contributed by atoms with van der Waals surface area (Å²) in [5.74, 6) is 0. The van der Waals surface area contributed by atoms with E-state index in [1.807, 2.05) is 12.1 Å². The van der Waals surface area contributed by atoms with Crippen molar-refractivity contribution in [2.45, 2.75) is 26.2 Å². The van der Waals surface area contributed by atoms with Gasteiger partial charge in [0.25, 0.3) is 0 Å². The zero-order valence-electron chi connectivity index (χ0n) is 14.5. The van der Waals surface area contributed by atoms with E-state index < -0.39 is 0 Å². The molecule has 0 N–H and O–H groups in total. The van der Waals surface area contributed by atoms with Crippen LogP contribution in [-0.2, 0) is 5.41 Å². The molecule has 0 nitrogen and oxygen atoms in total. The molecule has 0 atom stereocenters. The van der Waals surface area contributed by atoms with Gasteiger partial charge in [-0.3, -0.25) is 0 Å². The smallest absolute Gasteiger partial charge is 0.0514 e. The normalized spacial score (nSPS) is 12.2. The molecule has 0 radical (unpaired) electrons. The highest BCUT2D eigenvalue weighted by molar-refractivity contribution is 6.31. The van der Waals surface area contributed by atoms with Gasteiger partial charge in [0.2, 0.25) is 0 Å². The maximum Gasteiger partial charge on any atom is 0.0514 e. The molecule has 0 unspecified atom stereocenters. The second-order valence-corrected chi connectivity index (χ2v) is 7.62. The van der Waals surface area contributed by atoms with Crippen LogP contribution in [-0.4, -0.2) is 0 Å². The van der Waals surface area contributed by atoms with E-state index in [-0.39, 0.29) is 10.8 Å². The molecule has 0 heterocycles. The minimum atomic E-state index is -0.326. The fourth-order valence-electron chi connectivity index (χ4n) is 3.89. The predicted molar refractivity (Wildman–Crippen MR) is 104 cm³/mol. The van der Waals surface area contributed by atoms with Crippen LogP contribution in [0.3, 0.4) is 0 Å². The van der Waals surface area contributed by atoms with Gasteiger partial charge in [-0.05, 0) is 28.2 Å². The second kappa shape index (κ2) is 6.45. The average Bonchev–Trinajstić information content (AvgIpc) is 2.58. The molecule has 1 heteroatoms. The van der Waals surface area contributed by atoms with Gasteiger partial charge in [0.15, 0.2) is 0 Å². The Morgan fingerprint density at radius 2 is 1.00 bits per heavy atom. The Hall–Kier alpha value is -2.05. The molecule has 0 amide bonds. The molecule has 24 heavy (non-hydrogen) atoms. The zero-order valence-corrected chi connectivity index (χ0v) is 15.2. The summed E-state index contributed by atoms with van der Waals surface area (Å²) in [6, 6.07) is 29.6. The van der Waals surface area contributed by atoms with Crippen molar-refractivity contribution in [2.24, 2.45) is 5.41 Å². The number of hydrogen-bond acceptors (Lipinski definition) is 0. The first-order valence-electron chi connectivity index (χ1n) is 8.34. The van der Waals surface area contributed by atoms with Gasteiger partial charge in [0, 0.05) is 5.02 Å². The van der Waals surface area contributed by atoms with Crippen LogP contribution >= 0.6 is 11.6 Å². The first-order chi connectivity index (χ1) is 11.5. The Morgan fingerprint density at radius 3 is 1.42 bits per heavy atom. The molecule has 0 saturated heterocycles. The monoisotopic (exact) mass is 334 g/mol. The van der Waals surface area contributed by atoms with Crippen molar-refractivity contribution < 1.29 is 0 Å². The predicted octanol–water partition coefficient (Wildman–Crippen LogP) is 6.72.